The predicted molar refractivity (Wildman–Crippen MR) is 84.1 cm³/mol. The van der Waals surface area contributed by atoms with E-state index < -0.39 is 0 Å². The number of imidazole rings is 1. The fraction of sp³-hybridized carbons (Fsp3) is 0.438. The largest absolute Gasteiger partial charge is 0.491 e. The lowest BCUT2D eigenvalue weighted by Gasteiger charge is -2.16. The van der Waals surface area contributed by atoms with E-state index in [2.05, 4.69) is 32.6 Å². The number of hydrogen-bond donors (Lipinski definition) is 0. The normalized spacial score (nSPS) is 14.4. The molecule has 0 atom stereocenters. The van der Waals surface area contributed by atoms with Crippen LogP contribution in [0, 0.1) is 0 Å². The van der Waals surface area contributed by atoms with Gasteiger partial charge < -0.3 is 9.30 Å². The lowest BCUT2D eigenvalue weighted by atomic mass is 10.0. The van der Waals surface area contributed by atoms with Crippen LogP contribution in [0.3, 0.4) is 0 Å². The molecule has 1 aromatic carbocycles. The second-order valence-electron chi connectivity index (χ2n) is 5.48. The first-order chi connectivity index (χ1) is 9.65. The van der Waals surface area contributed by atoms with E-state index in [0.717, 1.165) is 34.7 Å². The Morgan fingerprint density at radius 2 is 1.95 bits per heavy atom. The lowest BCUT2D eigenvalue weighted by molar-refractivity contribution is 0.242. The summed E-state index contributed by atoms with van der Waals surface area (Å²) in [5.74, 6) is 0.913. The molecule has 3 rings (SSSR count). The van der Waals surface area contributed by atoms with Gasteiger partial charge in [-0.25, -0.2) is 4.98 Å². The minimum atomic E-state index is 0.204. The van der Waals surface area contributed by atoms with Gasteiger partial charge in [-0.05, 0) is 73.3 Å². The Bertz CT molecular complexity index is 602. The summed E-state index contributed by atoms with van der Waals surface area (Å²) in [5.41, 5.74) is 3.62. The van der Waals surface area contributed by atoms with Crippen LogP contribution in [-0.4, -0.2) is 15.7 Å². The molecule has 106 valence electrons. The second kappa shape index (κ2) is 5.60. The minimum Gasteiger partial charge on any atom is -0.491 e. The minimum absolute atomic E-state index is 0.204. The second-order valence-corrected chi connectivity index (χ2v) is 6.19. The molecule has 0 saturated carbocycles. The van der Waals surface area contributed by atoms with E-state index >= 15 is 0 Å². The van der Waals surface area contributed by atoms with Crippen LogP contribution in [0.4, 0.5) is 0 Å². The Labute approximate surface area is 128 Å². The van der Waals surface area contributed by atoms with Crippen LogP contribution in [0.2, 0.25) is 0 Å². The van der Waals surface area contributed by atoms with E-state index in [1.165, 1.54) is 18.5 Å². The quantitative estimate of drug-likeness (QED) is 0.829. The summed E-state index contributed by atoms with van der Waals surface area (Å²) in [4.78, 5) is 4.69. The Kier molecular flexibility index (Phi) is 3.83. The van der Waals surface area contributed by atoms with Crippen LogP contribution in [0.5, 0.6) is 5.75 Å². The van der Waals surface area contributed by atoms with Gasteiger partial charge in [0.15, 0.2) is 4.73 Å². The van der Waals surface area contributed by atoms with Crippen molar-refractivity contribution in [3.05, 3.63) is 34.7 Å². The number of aromatic nitrogens is 2. The van der Waals surface area contributed by atoms with Crippen molar-refractivity contribution in [1.82, 2.24) is 9.55 Å². The summed E-state index contributed by atoms with van der Waals surface area (Å²) >= 11 is 3.57. The van der Waals surface area contributed by atoms with E-state index in [1.54, 1.807) is 0 Å². The van der Waals surface area contributed by atoms with Gasteiger partial charge in [-0.3, -0.25) is 0 Å². The van der Waals surface area contributed by atoms with Crippen LogP contribution in [-0.2, 0) is 13.0 Å². The fourth-order valence-corrected chi connectivity index (χ4v) is 3.26. The van der Waals surface area contributed by atoms with Crippen molar-refractivity contribution in [2.24, 2.45) is 0 Å². The Morgan fingerprint density at radius 1 is 1.20 bits per heavy atom. The molecular weight excluding hydrogens is 316 g/mol. The molecule has 0 fully saturated rings. The van der Waals surface area contributed by atoms with Crippen molar-refractivity contribution in [1.29, 1.82) is 0 Å². The zero-order chi connectivity index (χ0) is 14.1. The van der Waals surface area contributed by atoms with Crippen LogP contribution >= 0.6 is 15.9 Å². The first kappa shape index (κ1) is 13.7. The molecule has 0 aliphatic carbocycles. The predicted octanol–water partition coefficient (Wildman–Crippen LogP) is 4.44. The topological polar surface area (TPSA) is 27.1 Å². The number of nitrogens with zero attached hydrogens (tertiary/aromatic N) is 2. The van der Waals surface area contributed by atoms with Crippen molar-refractivity contribution in [3.8, 4) is 17.0 Å². The zero-order valence-electron chi connectivity index (χ0n) is 11.9. The Balaban J connectivity index is 1.93. The number of fused-ring (bicyclic) bond motifs is 1. The third-order valence-corrected chi connectivity index (χ3v) is 4.18. The van der Waals surface area contributed by atoms with Crippen molar-refractivity contribution >= 4 is 15.9 Å². The number of benzene rings is 1. The summed E-state index contributed by atoms with van der Waals surface area (Å²) < 4.78 is 8.93. The molecule has 4 heteroatoms. The lowest BCUT2D eigenvalue weighted by Crippen LogP contribution is -2.10. The van der Waals surface area contributed by atoms with E-state index in [-0.39, 0.29) is 6.10 Å². The molecule has 1 aliphatic heterocycles. The molecule has 0 unspecified atom stereocenters. The number of ether oxygens (including phenoxy) is 1. The van der Waals surface area contributed by atoms with Gasteiger partial charge in [-0.2, -0.15) is 0 Å². The summed E-state index contributed by atoms with van der Waals surface area (Å²) in [6.45, 7) is 5.14. The highest BCUT2D eigenvalue weighted by Crippen LogP contribution is 2.31. The average Bonchev–Trinajstić information content (AvgIpc) is 2.77. The molecule has 1 aromatic heterocycles. The molecule has 0 bridgehead atoms. The monoisotopic (exact) mass is 334 g/mol. The van der Waals surface area contributed by atoms with Crippen molar-refractivity contribution < 1.29 is 4.74 Å². The standard InChI is InChI=1S/C16H19BrN2O/c1-11(2)20-13-8-6-12(7-9-13)15-14-5-3-4-10-19(14)16(17)18-15/h6-9,11H,3-5,10H2,1-2H3. The van der Waals surface area contributed by atoms with Crippen LogP contribution in [0.1, 0.15) is 32.4 Å². The SMILES string of the molecule is CC(C)Oc1ccc(-c2nc(Br)n3c2CCCC3)cc1. The van der Waals surface area contributed by atoms with Gasteiger partial charge in [0.1, 0.15) is 5.75 Å². The smallest absolute Gasteiger partial charge is 0.177 e. The van der Waals surface area contributed by atoms with Crippen molar-refractivity contribution in [3.63, 3.8) is 0 Å². The maximum Gasteiger partial charge on any atom is 0.177 e. The molecule has 0 N–H and O–H groups in total. The van der Waals surface area contributed by atoms with E-state index in [4.69, 9.17) is 9.72 Å². The average molecular weight is 335 g/mol. The van der Waals surface area contributed by atoms with Crippen molar-refractivity contribution in [2.75, 3.05) is 0 Å². The molecule has 1 aliphatic rings. The van der Waals surface area contributed by atoms with Gasteiger partial charge in [-0.15, -0.1) is 0 Å². The Hall–Kier alpha value is -1.29. The summed E-state index contributed by atoms with van der Waals surface area (Å²) in [6.07, 6.45) is 3.80. The number of rotatable bonds is 3. The summed E-state index contributed by atoms with van der Waals surface area (Å²) in [6, 6.07) is 8.25. The fourth-order valence-electron chi connectivity index (χ4n) is 2.69. The highest BCUT2D eigenvalue weighted by atomic mass is 79.9. The van der Waals surface area contributed by atoms with Gasteiger partial charge in [0, 0.05) is 17.8 Å². The molecule has 0 saturated heterocycles. The van der Waals surface area contributed by atoms with Gasteiger partial charge in [0.05, 0.1) is 11.8 Å². The molecule has 20 heavy (non-hydrogen) atoms. The third kappa shape index (κ3) is 2.62. The van der Waals surface area contributed by atoms with E-state index in [9.17, 15) is 0 Å². The maximum absolute atomic E-state index is 5.69. The van der Waals surface area contributed by atoms with Crippen LogP contribution < -0.4 is 4.74 Å². The molecule has 0 spiro atoms. The number of halogens is 1. The maximum atomic E-state index is 5.69. The molecule has 0 amide bonds. The van der Waals surface area contributed by atoms with Crippen LogP contribution in [0.15, 0.2) is 29.0 Å². The molecule has 2 heterocycles. The van der Waals surface area contributed by atoms with Gasteiger partial charge >= 0.3 is 0 Å². The van der Waals surface area contributed by atoms with Crippen molar-refractivity contribution in [2.45, 2.75) is 45.8 Å². The molecular formula is C16H19BrN2O. The number of hydrogen-bond acceptors (Lipinski definition) is 2. The van der Waals surface area contributed by atoms with E-state index in [0.29, 0.717) is 0 Å². The molecule has 0 radical (unpaired) electrons. The van der Waals surface area contributed by atoms with Gasteiger partial charge in [-0.1, -0.05) is 0 Å². The first-order valence-electron chi connectivity index (χ1n) is 7.17. The third-order valence-electron chi connectivity index (χ3n) is 3.57. The van der Waals surface area contributed by atoms with Gasteiger partial charge in [0.25, 0.3) is 0 Å². The molecule has 2 aromatic rings. The zero-order valence-corrected chi connectivity index (χ0v) is 13.5. The molecule has 3 nitrogen and oxygen atoms in total. The summed E-state index contributed by atoms with van der Waals surface area (Å²) in [7, 11) is 0. The highest BCUT2D eigenvalue weighted by Gasteiger charge is 2.19. The highest BCUT2D eigenvalue weighted by molar-refractivity contribution is 9.10. The Morgan fingerprint density at radius 3 is 2.65 bits per heavy atom. The van der Waals surface area contributed by atoms with Crippen LogP contribution in [0.25, 0.3) is 11.3 Å². The summed E-state index contributed by atoms with van der Waals surface area (Å²) in [5, 5.41) is 0. The van der Waals surface area contributed by atoms with Gasteiger partial charge in [0.2, 0.25) is 0 Å². The van der Waals surface area contributed by atoms with E-state index in [1.807, 2.05) is 26.0 Å². The first-order valence-corrected chi connectivity index (χ1v) is 7.96.